The lowest BCUT2D eigenvalue weighted by Gasteiger charge is -2.24. The zero-order valence-corrected chi connectivity index (χ0v) is 14.8. The van der Waals surface area contributed by atoms with Crippen LogP contribution in [0.4, 0.5) is 0 Å². The average Bonchev–Trinajstić information content (AvgIpc) is 2.53. The van der Waals surface area contributed by atoms with E-state index in [1.54, 1.807) is 0 Å². The van der Waals surface area contributed by atoms with Gasteiger partial charge in [0.1, 0.15) is 5.75 Å². The normalized spacial score (nSPS) is 15.0. The van der Waals surface area contributed by atoms with Crippen LogP contribution in [0.2, 0.25) is 0 Å². The number of nitrogens with zero attached hydrogens (tertiary/aromatic N) is 1. The fourth-order valence-electron chi connectivity index (χ4n) is 2.37. The van der Waals surface area contributed by atoms with E-state index in [-0.39, 0.29) is 9.79 Å². The van der Waals surface area contributed by atoms with Crippen molar-refractivity contribution in [3.63, 3.8) is 0 Å². The number of rotatable bonds is 6. The van der Waals surface area contributed by atoms with Gasteiger partial charge in [-0.05, 0) is 43.0 Å². The van der Waals surface area contributed by atoms with Gasteiger partial charge < -0.3 is 9.72 Å². The molecule has 0 bridgehead atoms. The van der Waals surface area contributed by atoms with Crippen molar-refractivity contribution in [2.45, 2.75) is 34.2 Å². The maximum Gasteiger partial charge on any atom is 0.270 e. The van der Waals surface area contributed by atoms with Crippen molar-refractivity contribution in [1.82, 2.24) is 9.97 Å². The number of H-pyrrole nitrogens is 1. The van der Waals surface area contributed by atoms with E-state index in [1.807, 2.05) is 0 Å². The molecule has 1 heterocycles. The molecule has 1 aromatic carbocycles. The van der Waals surface area contributed by atoms with Gasteiger partial charge >= 0.3 is 0 Å². The van der Waals surface area contributed by atoms with E-state index in [0.717, 1.165) is 11.9 Å². The molecule has 0 aliphatic heterocycles. The lowest BCUT2D eigenvalue weighted by Crippen LogP contribution is -2.20. The Morgan fingerprint density at radius 2 is 2.00 bits per heavy atom. The molecule has 1 aromatic heterocycles. The summed E-state index contributed by atoms with van der Waals surface area (Å²) in [7, 11) is -2.41. The van der Waals surface area contributed by atoms with Gasteiger partial charge in [-0.15, -0.1) is 0 Å². The number of aromatic amines is 1. The van der Waals surface area contributed by atoms with Crippen molar-refractivity contribution in [3.05, 3.63) is 40.8 Å². The molecule has 1 saturated carbocycles. The van der Waals surface area contributed by atoms with E-state index >= 15 is 0 Å². The summed E-state index contributed by atoms with van der Waals surface area (Å²) in [6.07, 6.45) is 4.82. The van der Waals surface area contributed by atoms with E-state index < -0.39 is 15.4 Å². The number of hydrogen-bond donors (Lipinski definition) is 1. The summed E-state index contributed by atoms with van der Waals surface area (Å²) in [5, 5.41) is 0.459. The third-order valence-corrected chi connectivity index (χ3v) is 6.96. The van der Waals surface area contributed by atoms with Gasteiger partial charge in [0.2, 0.25) is 9.84 Å². The van der Waals surface area contributed by atoms with Crippen molar-refractivity contribution >= 4 is 21.6 Å². The Kier molecular flexibility index (Phi) is 4.96. The Morgan fingerprint density at radius 1 is 1.29 bits per heavy atom. The largest absolute Gasteiger partial charge is 0.497 e. The van der Waals surface area contributed by atoms with Crippen LogP contribution in [-0.2, 0) is 9.84 Å². The van der Waals surface area contributed by atoms with Gasteiger partial charge in [0.25, 0.3) is 5.56 Å². The number of ether oxygens (including phenoxy) is 1. The van der Waals surface area contributed by atoms with Crippen LogP contribution in [0.15, 0.2) is 50.2 Å². The maximum absolute atomic E-state index is 12.6. The first-order chi connectivity index (χ1) is 11.5. The molecule has 2 aromatic rings. The number of nitrogens with one attached hydrogen (secondary N) is 1. The van der Waals surface area contributed by atoms with E-state index in [4.69, 9.17) is 4.74 Å². The Hall–Kier alpha value is -1.80. The summed E-state index contributed by atoms with van der Waals surface area (Å²) >= 11 is 1.46. The molecule has 0 unspecified atom stereocenters. The van der Waals surface area contributed by atoms with Gasteiger partial charge in [0.15, 0.2) is 10.1 Å². The van der Waals surface area contributed by atoms with Crippen LogP contribution >= 0.6 is 11.8 Å². The molecule has 8 heteroatoms. The van der Waals surface area contributed by atoms with E-state index in [9.17, 15) is 13.2 Å². The monoisotopic (exact) mass is 366 g/mol. The highest BCUT2D eigenvalue weighted by Crippen LogP contribution is 2.31. The van der Waals surface area contributed by atoms with Gasteiger partial charge in [-0.1, -0.05) is 18.2 Å². The predicted molar refractivity (Wildman–Crippen MR) is 91.4 cm³/mol. The quantitative estimate of drug-likeness (QED) is 0.624. The second kappa shape index (κ2) is 6.98. The van der Waals surface area contributed by atoms with Gasteiger partial charge in [-0.25, -0.2) is 13.4 Å². The molecule has 0 saturated heterocycles. The van der Waals surface area contributed by atoms with Gasteiger partial charge in [-0.3, -0.25) is 4.79 Å². The summed E-state index contributed by atoms with van der Waals surface area (Å²) < 4.78 is 30.2. The van der Waals surface area contributed by atoms with E-state index in [1.165, 1.54) is 62.4 Å². The number of aromatic nitrogens is 2. The van der Waals surface area contributed by atoms with Crippen molar-refractivity contribution < 1.29 is 13.2 Å². The van der Waals surface area contributed by atoms with Crippen LogP contribution in [0, 0.1) is 5.92 Å². The number of methoxy groups -OCH3 is 1. The summed E-state index contributed by atoms with van der Waals surface area (Å²) in [6, 6.07) is 5.90. The Bertz CT molecular complexity index is 872. The molecule has 0 amide bonds. The first-order valence-corrected chi connectivity index (χ1v) is 10.1. The molecule has 24 heavy (non-hydrogen) atoms. The minimum absolute atomic E-state index is 0.0328. The van der Waals surface area contributed by atoms with Crippen LogP contribution < -0.4 is 10.3 Å². The van der Waals surface area contributed by atoms with Gasteiger partial charge in [-0.2, -0.15) is 0 Å². The van der Waals surface area contributed by atoms with Crippen molar-refractivity contribution in [3.8, 4) is 5.75 Å². The highest BCUT2D eigenvalue weighted by atomic mass is 32.2. The van der Waals surface area contributed by atoms with Crippen molar-refractivity contribution in [2.75, 3.05) is 12.9 Å². The molecule has 1 fully saturated rings. The summed E-state index contributed by atoms with van der Waals surface area (Å²) in [5.41, 5.74) is -0.642. The first-order valence-electron chi connectivity index (χ1n) is 7.62. The van der Waals surface area contributed by atoms with Gasteiger partial charge in [0.05, 0.1) is 18.2 Å². The second-order valence-electron chi connectivity index (χ2n) is 5.67. The third-order valence-electron chi connectivity index (χ3n) is 4.08. The van der Waals surface area contributed by atoms with Crippen molar-refractivity contribution in [2.24, 2.45) is 5.92 Å². The molecule has 1 N–H and O–H groups in total. The number of hydrogen-bond acceptors (Lipinski definition) is 6. The smallest absolute Gasteiger partial charge is 0.270 e. The van der Waals surface area contributed by atoms with Crippen LogP contribution in [0.5, 0.6) is 5.75 Å². The van der Waals surface area contributed by atoms with Crippen LogP contribution in [0.1, 0.15) is 19.3 Å². The summed E-state index contributed by atoms with van der Waals surface area (Å²) in [4.78, 5) is 18.6. The lowest BCUT2D eigenvalue weighted by atomic mass is 9.87. The topological polar surface area (TPSA) is 89.1 Å². The SMILES string of the molecule is COc1ccc(S(=O)(=O)c2cnc(SCC3CCC3)[nH]c2=O)cc1. The molecular weight excluding hydrogens is 348 g/mol. The zero-order valence-electron chi connectivity index (χ0n) is 13.2. The Morgan fingerprint density at radius 3 is 2.54 bits per heavy atom. The highest BCUT2D eigenvalue weighted by molar-refractivity contribution is 7.99. The van der Waals surface area contributed by atoms with Gasteiger partial charge in [0, 0.05) is 5.75 Å². The Labute approximate surface area is 144 Å². The molecule has 128 valence electrons. The minimum Gasteiger partial charge on any atom is -0.497 e. The molecule has 3 rings (SSSR count). The first kappa shape index (κ1) is 17.0. The van der Waals surface area contributed by atoms with E-state index in [2.05, 4.69) is 9.97 Å². The summed E-state index contributed by atoms with van der Waals surface area (Å²) in [6.45, 7) is 0. The number of sulfone groups is 1. The van der Waals surface area contributed by atoms with Crippen LogP contribution in [0.25, 0.3) is 0 Å². The molecular formula is C16H18N2O4S2. The molecule has 0 spiro atoms. The van der Waals surface area contributed by atoms with Crippen LogP contribution in [0.3, 0.4) is 0 Å². The minimum atomic E-state index is -3.91. The molecule has 0 radical (unpaired) electrons. The summed E-state index contributed by atoms with van der Waals surface area (Å²) in [5.74, 6) is 2.11. The third kappa shape index (κ3) is 3.49. The standard InChI is InChI=1S/C16H18N2O4S2/c1-22-12-5-7-13(8-6-12)24(20,21)14-9-17-16(18-15(14)19)23-10-11-3-2-4-11/h5-9,11H,2-4,10H2,1H3,(H,17,18,19). The van der Waals surface area contributed by atoms with Crippen molar-refractivity contribution in [1.29, 1.82) is 0 Å². The second-order valence-corrected chi connectivity index (χ2v) is 8.60. The predicted octanol–water partition coefficient (Wildman–Crippen LogP) is 2.50. The lowest BCUT2D eigenvalue weighted by molar-refractivity contribution is 0.353. The fraction of sp³-hybridized carbons (Fsp3) is 0.375. The zero-order chi connectivity index (χ0) is 17.2. The Balaban J connectivity index is 1.82. The molecule has 1 aliphatic carbocycles. The van der Waals surface area contributed by atoms with Crippen LogP contribution in [-0.4, -0.2) is 31.2 Å². The molecule has 6 nitrogen and oxygen atoms in total. The highest BCUT2D eigenvalue weighted by Gasteiger charge is 2.23. The molecule has 1 aliphatic rings. The number of thioether (sulfide) groups is 1. The number of benzene rings is 1. The van der Waals surface area contributed by atoms with E-state index in [0.29, 0.717) is 16.8 Å². The molecule has 0 atom stereocenters. The average molecular weight is 366 g/mol. The maximum atomic E-state index is 12.6. The fourth-order valence-corrected chi connectivity index (χ4v) is 4.62.